The molecule has 1 N–H and O–H groups in total. The van der Waals surface area contributed by atoms with Crippen molar-refractivity contribution in [2.24, 2.45) is 0 Å². The van der Waals surface area contributed by atoms with E-state index < -0.39 is 0 Å². The van der Waals surface area contributed by atoms with Crippen molar-refractivity contribution in [3.63, 3.8) is 0 Å². The van der Waals surface area contributed by atoms with Crippen molar-refractivity contribution < 1.29 is 18.7 Å². The average molecular weight is 398 g/mol. The van der Waals surface area contributed by atoms with Gasteiger partial charge in [-0.25, -0.2) is 4.79 Å². The molecule has 1 unspecified atom stereocenters. The fourth-order valence-corrected chi connectivity index (χ4v) is 3.68. The summed E-state index contributed by atoms with van der Waals surface area (Å²) >= 11 is 0. The second kappa shape index (κ2) is 8.57. The fraction of sp³-hybridized carbons (Fsp3) is 0.429. The fourth-order valence-electron chi connectivity index (χ4n) is 3.68. The highest BCUT2D eigenvalue weighted by atomic mass is 16.5. The van der Waals surface area contributed by atoms with Crippen molar-refractivity contribution in [2.45, 2.75) is 13.0 Å². The van der Waals surface area contributed by atoms with E-state index >= 15 is 0 Å². The van der Waals surface area contributed by atoms with Crippen LogP contribution in [0.2, 0.25) is 0 Å². The number of nitrogens with one attached hydrogen (secondary N) is 1. The van der Waals surface area contributed by atoms with Gasteiger partial charge in [0.15, 0.2) is 5.76 Å². The van der Waals surface area contributed by atoms with Crippen LogP contribution in [-0.2, 0) is 4.74 Å². The first-order valence-electron chi connectivity index (χ1n) is 9.95. The Morgan fingerprint density at radius 1 is 1.00 bits per heavy atom. The number of piperazine rings is 1. The molecule has 8 heteroatoms. The molecule has 29 heavy (non-hydrogen) atoms. The molecule has 3 heterocycles. The summed E-state index contributed by atoms with van der Waals surface area (Å²) in [4.78, 5) is 30.6. The van der Waals surface area contributed by atoms with E-state index in [0.29, 0.717) is 31.9 Å². The summed E-state index contributed by atoms with van der Waals surface area (Å²) < 4.78 is 10.7. The lowest BCUT2D eigenvalue weighted by atomic mass is 10.2. The zero-order chi connectivity index (χ0) is 20.2. The molecule has 2 fully saturated rings. The standard InChI is InChI=1S/C21H26N4O4/c1-16-15-25(12-14-28-16)18-6-4-17(5-7-18)22-21(27)24-10-8-23(9-11-24)20(26)19-3-2-13-29-19/h2-7,13,16H,8-12,14-15H2,1H3,(H,22,27). The van der Waals surface area contributed by atoms with Gasteiger partial charge in [-0.1, -0.05) is 0 Å². The van der Waals surface area contributed by atoms with Crippen LogP contribution in [0.15, 0.2) is 47.1 Å². The molecule has 154 valence electrons. The van der Waals surface area contributed by atoms with Crippen molar-refractivity contribution in [2.75, 3.05) is 56.1 Å². The third-order valence-corrected chi connectivity index (χ3v) is 5.31. The lowest BCUT2D eigenvalue weighted by Crippen LogP contribution is -2.51. The maximum atomic E-state index is 12.6. The van der Waals surface area contributed by atoms with Gasteiger partial charge in [-0.2, -0.15) is 0 Å². The van der Waals surface area contributed by atoms with Crippen LogP contribution in [0.3, 0.4) is 0 Å². The number of rotatable bonds is 3. The largest absolute Gasteiger partial charge is 0.459 e. The van der Waals surface area contributed by atoms with Gasteiger partial charge in [0.05, 0.1) is 19.0 Å². The highest BCUT2D eigenvalue weighted by Crippen LogP contribution is 2.21. The number of morpholine rings is 1. The number of nitrogens with zero attached hydrogens (tertiary/aromatic N) is 3. The quantitative estimate of drug-likeness (QED) is 0.860. The summed E-state index contributed by atoms with van der Waals surface area (Å²) in [5, 5.41) is 2.94. The lowest BCUT2D eigenvalue weighted by molar-refractivity contribution is 0.0532. The van der Waals surface area contributed by atoms with Crippen LogP contribution in [0.25, 0.3) is 0 Å². The lowest BCUT2D eigenvalue weighted by Gasteiger charge is -2.34. The van der Waals surface area contributed by atoms with Gasteiger partial charge in [-0.05, 0) is 43.3 Å². The van der Waals surface area contributed by atoms with Gasteiger partial charge in [0.25, 0.3) is 5.91 Å². The molecule has 1 aromatic heterocycles. The minimum Gasteiger partial charge on any atom is -0.459 e. The Balaban J connectivity index is 1.28. The zero-order valence-corrected chi connectivity index (χ0v) is 16.5. The third-order valence-electron chi connectivity index (χ3n) is 5.31. The van der Waals surface area contributed by atoms with Crippen molar-refractivity contribution >= 4 is 23.3 Å². The number of furan rings is 1. The maximum Gasteiger partial charge on any atom is 0.321 e. The topological polar surface area (TPSA) is 78.3 Å². The SMILES string of the molecule is CC1CN(c2ccc(NC(=O)N3CCN(C(=O)c4ccco4)CC3)cc2)CCO1. The third kappa shape index (κ3) is 4.54. The van der Waals surface area contributed by atoms with Crippen LogP contribution in [0, 0.1) is 0 Å². The Labute approximate surface area is 170 Å². The maximum absolute atomic E-state index is 12.6. The number of anilines is 2. The monoisotopic (exact) mass is 398 g/mol. The summed E-state index contributed by atoms with van der Waals surface area (Å²) in [5.74, 6) is 0.195. The molecule has 2 aromatic rings. The average Bonchev–Trinajstić information content (AvgIpc) is 3.29. The number of benzene rings is 1. The molecule has 2 aliphatic heterocycles. The first kappa shape index (κ1) is 19.3. The van der Waals surface area contributed by atoms with E-state index in [4.69, 9.17) is 9.15 Å². The van der Waals surface area contributed by atoms with Crippen molar-refractivity contribution in [1.29, 1.82) is 0 Å². The minimum absolute atomic E-state index is 0.136. The second-order valence-corrected chi connectivity index (χ2v) is 7.36. The van der Waals surface area contributed by atoms with E-state index in [2.05, 4.69) is 17.1 Å². The Kier molecular flexibility index (Phi) is 5.71. The Hall–Kier alpha value is -3.00. The Morgan fingerprint density at radius 3 is 2.38 bits per heavy atom. The molecular formula is C21H26N4O4. The van der Waals surface area contributed by atoms with E-state index in [-0.39, 0.29) is 18.0 Å². The summed E-state index contributed by atoms with van der Waals surface area (Å²) in [6.07, 6.45) is 1.71. The predicted octanol–water partition coefficient (Wildman–Crippen LogP) is 2.49. The van der Waals surface area contributed by atoms with E-state index in [9.17, 15) is 9.59 Å². The minimum atomic E-state index is -0.150. The summed E-state index contributed by atoms with van der Waals surface area (Å²) in [6, 6.07) is 11.1. The van der Waals surface area contributed by atoms with Crippen molar-refractivity contribution in [1.82, 2.24) is 9.80 Å². The molecule has 3 amide bonds. The first-order chi connectivity index (χ1) is 14.1. The van der Waals surface area contributed by atoms with Gasteiger partial charge in [-0.3, -0.25) is 4.79 Å². The molecule has 1 atom stereocenters. The van der Waals surface area contributed by atoms with Gasteiger partial charge in [-0.15, -0.1) is 0 Å². The molecule has 0 spiro atoms. The molecule has 2 saturated heterocycles. The summed E-state index contributed by atoms with van der Waals surface area (Å²) in [6.45, 7) is 6.49. The van der Waals surface area contributed by atoms with Crippen LogP contribution in [-0.4, -0.2) is 73.7 Å². The highest BCUT2D eigenvalue weighted by molar-refractivity contribution is 5.92. The Morgan fingerprint density at radius 2 is 1.72 bits per heavy atom. The van der Waals surface area contributed by atoms with Crippen LogP contribution in [0.1, 0.15) is 17.5 Å². The van der Waals surface area contributed by atoms with Crippen LogP contribution < -0.4 is 10.2 Å². The molecule has 2 aliphatic rings. The summed E-state index contributed by atoms with van der Waals surface area (Å²) in [7, 11) is 0. The van der Waals surface area contributed by atoms with Gasteiger partial charge in [0.1, 0.15) is 0 Å². The number of carbonyl (C=O) groups excluding carboxylic acids is 2. The van der Waals surface area contributed by atoms with Gasteiger partial charge >= 0.3 is 6.03 Å². The molecular weight excluding hydrogens is 372 g/mol. The Bertz CT molecular complexity index is 829. The van der Waals surface area contributed by atoms with Crippen molar-refractivity contribution in [3.8, 4) is 0 Å². The highest BCUT2D eigenvalue weighted by Gasteiger charge is 2.26. The number of hydrogen-bond donors (Lipinski definition) is 1. The van der Waals surface area contributed by atoms with Crippen molar-refractivity contribution in [3.05, 3.63) is 48.4 Å². The second-order valence-electron chi connectivity index (χ2n) is 7.36. The molecule has 0 aliphatic carbocycles. The predicted molar refractivity (Wildman–Crippen MR) is 109 cm³/mol. The van der Waals surface area contributed by atoms with Crippen LogP contribution in [0.4, 0.5) is 16.2 Å². The molecule has 0 radical (unpaired) electrons. The number of amides is 3. The van der Waals surface area contributed by atoms with E-state index in [1.165, 1.54) is 6.26 Å². The van der Waals surface area contributed by atoms with Gasteiger partial charge in [0.2, 0.25) is 0 Å². The number of carbonyl (C=O) groups is 2. The zero-order valence-electron chi connectivity index (χ0n) is 16.5. The molecule has 4 rings (SSSR count). The first-order valence-corrected chi connectivity index (χ1v) is 9.95. The van der Waals surface area contributed by atoms with E-state index in [0.717, 1.165) is 31.1 Å². The number of ether oxygens (including phenoxy) is 1. The van der Waals surface area contributed by atoms with Crippen LogP contribution >= 0.6 is 0 Å². The van der Waals surface area contributed by atoms with Crippen LogP contribution in [0.5, 0.6) is 0 Å². The molecule has 0 saturated carbocycles. The van der Waals surface area contributed by atoms with E-state index in [1.807, 2.05) is 24.3 Å². The number of urea groups is 1. The molecule has 8 nitrogen and oxygen atoms in total. The van der Waals surface area contributed by atoms with E-state index in [1.54, 1.807) is 21.9 Å². The molecule has 0 bridgehead atoms. The van der Waals surface area contributed by atoms with Gasteiger partial charge in [0, 0.05) is 50.6 Å². The normalized spacial score (nSPS) is 19.9. The molecule has 1 aromatic carbocycles. The van der Waals surface area contributed by atoms with Gasteiger partial charge < -0.3 is 29.2 Å². The summed E-state index contributed by atoms with van der Waals surface area (Å²) in [5.41, 5.74) is 1.89. The number of hydrogen-bond acceptors (Lipinski definition) is 5. The smallest absolute Gasteiger partial charge is 0.321 e.